The fourth-order valence-electron chi connectivity index (χ4n) is 0.118. The van der Waals surface area contributed by atoms with Crippen LogP contribution in [0.4, 0.5) is 0 Å². The average Bonchev–Trinajstić information content (AvgIpc) is 1.63. The van der Waals surface area contributed by atoms with Gasteiger partial charge in [-0.15, -0.1) is 0 Å². The monoisotopic (exact) mass is 174 g/mol. The van der Waals surface area contributed by atoms with E-state index in [1.54, 1.807) is 14.2 Å². The molecule has 0 aliphatic rings. The molecule has 10 heavy (non-hydrogen) atoms. The quantitative estimate of drug-likeness (QED) is 0.378. The van der Waals surface area contributed by atoms with E-state index in [-0.39, 0.29) is 0 Å². The summed E-state index contributed by atoms with van der Waals surface area (Å²) in [4.78, 5) is 21.6. The minimum Gasteiger partial charge on any atom is -0.359 e. The van der Waals surface area contributed by atoms with Gasteiger partial charge < -0.3 is 24.2 Å². The van der Waals surface area contributed by atoms with Gasteiger partial charge in [0.25, 0.3) is 0 Å². The predicted molar refractivity (Wildman–Crippen MR) is 33.1 cm³/mol. The van der Waals surface area contributed by atoms with Crippen LogP contribution in [0.5, 0.6) is 0 Å². The maximum atomic E-state index is 8.88. The summed E-state index contributed by atoms with van der Waals surface area (Å²) in [6, 6.07) is 0. The Morgan fingerprint density at radius 2 is 1.40 bits per heavy atom. The van der Waals surface area contributed by atoms with Gasteiger partial charge in [-0.25, -0.2) is 4.57 Å². The van der Waals surface area contributed by atoms with Gasteiger partial charge in [0.05, 0.1) is 0 Å². The first-order chi connectivity index (χ1) is 4.41. The topological polar surface area (TPSA) is 96.2 Å². The molecule has 0 aromatic carbocycles. The van der Waals surface area contributed by atoms with E-state index in [1.165, 1.54) is 0 Å². The summed E-state index contributed by atoms with van der Waals surface area (Å²) in [7, 11) is -1.47. The van der Waals surface area contributed by atoms with Gasteiger partial charge in [-0.1, -0.05) is 0 Å². The van der Waals surface area contributed by atoms with Crippen LogP contribution in [0.25, 0.3) is 0 Å². The molecule has 0 amide bonds. The molecule has 3 N–H and O–H groups in total. The summed E-state index contributed by atoms with van der Waals surface area (Å²) in [6.07, 6.45) is 0. The van der Waals surface area contributed by atoms with Crippen molar-refractivity contribution in [2.24, 2.45) is 0 Å². The van der Waals surface area contributed by atoms with E-state index in [4.69, 9.17) is 19.2 Å². The second kappa shape index (κ2) is 7.14. The minimum atomic E-state index is -4.64. The lowest BCUT2D eigenvalue weighted by Gasteiger charge is -1.87. The standard InChI is InChI=1S/C3H8O2.H3O4P/c1-4-3-5-2;1-5(2,3)4/h3H2,1-2H3;(H3,1,2,3,4). The van der Waals surface area contributed by atoms with Crippen LogP contribution in [0.3, 0.4) is 0 Å². The molecule has 0 radical (unpaired) electrons. The van der Waals surface area contributed by atoms with Crippen LogP contribution in [-0.2, 0) is 14.0 Å². The maximum Gasteiger partial charge on any atom is 0.466 e. The Morgan fingerprint density at radius 3 is 1.40 bits per heavy atom. The Labute approximate surface area is 58.6 Å². The van der Waals surface area contributed by atoms with Crippen LogP contribution in [0.2, 0.25) is 0 Å². The highest BCUT2D eigenvalue weighted by Crippen LogP contribution is 2.25. The molecular weight excluding hydrogens is 163 g/mol. The van der Waals surface area contributed by atoms with Gasteiger partial charge in [-0.3, -0.25) is 0 Å². The Kier molecular flexibility index (Phi) is 9.06. The number of hydrogen-bond donors (Lipinski definition) is 3. The summed E-state index contributed by atoms with van der Waals surface area (Å²) in [5.41, 5.74) is 0. The fourth-order valence-corrected chi connectivity index (χ4v) is 0.118. The molecule has 0 aliphatic carbocycles. The molecule has 0 aromatic rings. The zero-order valence-corrected chi connectivity index (χ0v) is 6.62. The highest BCUT2D eigenvalue weighted by Gasteiger charge is 2.00. The number of methoxy groups -OCH3 is 2. The highest BCUT2D eigenvalue weighted by atomic mass is 31.2. The van der Waals surface area contributed by atoms with E-state index in [1.807, 2.05) is 0 Å². The van der Waals surface area contributed by atoms with Gasteiger partial charge in [0.15, 0.2) is 0 Å². The van der Waals surface area contributed by atoms with Crippen LogP contribution in [0, 0.1) is 0 Å². The Balaban J connectivity index is 0. The fraction of sp³-hybridized carbons (Fsp3) is 1.00. The molecule has 0 atom stereocenters. The molecule has 64 valence electrons. The van der Waals surface area contributed by atoms with E-state index in [2.05, 4.69) is 9.47 Å². The first-order valence-corrected chi connectivity index (χ1v) is 3.74. The SMILES string of the molecule is COCOC.O=P(O)(O)O. The van der Waals surface area contributed by atoms with E-state index in [0.717, 1.165) is 0 Å². The van der Waals surface area contributed by atoms with Crippen molar-refractivity contribution in [2.75, 3.05) is 21.0 Å². The molecule has 0 bridgehead atoms. The molecule has 0 rings (SSSR count). The van der Waals surface area contributed by atoms with Crippen LogP contribution in [0.15, 0.2) is 0 Å². The second-order valence-electron chi connectivity index (χ2n) is 1.21. The van der Waals surface area contributed by atoms with Crippen molar-refractivity contribution in [1.29, 1.82) is 0 Å². The van der Waals surface area contributed by atoms with Crippen molar-refractivity contribution in [3.8, 4) is 0 Å². The Bertz CT molecular complexity index is 86.9. The summed E-state index contributed by atoms with van der Waals surface area (Å²) in [5, 5.41) is 0. The largest absolute Gasteiger partial charge is 0.466 e. The lowest BCUT2D eigenvalue weighted by atomic mass is 11.4. The van der Waals surface area contributed by atoms with Gasteiger partial charge in [0.2, 0.25) is 0 Å². The first-order valence-electron chi connectivity index (χ1n) is 2.18. The summed E-state index contributed by atoms with van der Waals surface area (Å²) < 4.78 is 17.8. The number of phosphoric acid groups is 1. The van der Waals surface area contributed by atoms with Crippen molar-refractivity contribution in [3.05, 3.63) is 0 Å². The van der Waals surface area contributed by atoms with Crippen molar-refractivity contribution in [3.63, 3.8) is 0 Å². The Hall–Kier alpha value is 0.0300. The van der Waals surface area contributed by atoms with Gasteiger partial charge in [-0.2, -0.15) is 0 Å². The van der Waals surface area contributed by atoms with Gasteiger partial charge in [0, 0.05) is 14.2 Å². The molecule has 0 aromatic heterocycles. The van der Waals surface area contributed by atoms with E-state index in [0.29, 0.717) is 6.79 Å². The predicted octanol–water partition coefficient (Wildman–Crippen LogP) is -0.692. The second-order valence-corrected chi connectivity index (χ2v) is 2.24. The molecule has 0 saturated heterocycles. The molecule has 0 fully saturated rings. The van der Waals surface area contributed by atoms with Gasteiger partial charge in [0.1, 0.15) is 6.79 Å². The lowest BCUT2D eigenvalue weighted by molar-refractivity contribution is -0.00272. The van der Waals surface area contributed by atoms with Crippen LogP contribution in [-0.4, -0.2) is 35.7 Å². The van der Waals surface area contributed by atoms with Crippen LogP contribution >= 0.6 is 7.82 Å². The molecule has 0 saturated carbocycles. The summed E-state index contributed by atoms with van der Waals surface area (Å²) in [5.74, 6) is 0. The maximum absolute atomic E-state index is 8.88. The van der Waals surface area contributed by atoms with Gasteiger partial charge in [-0.05, 0) is 0 Å². The molecule has 0 heterocycles. The van der Waals surface area contributed by atoms with E-state index >= 15 is 0 Å². The van der Waals surface area contributed by atoms with E-state index < -0.39 is 7.82 Å². The lowest BCUT2D eigenvalue weighted by Crippen LogP contribution is -1.87. The van der Waals surface area contributed by atoms with Gasteiger partial charge >= 0.3 is 7.82 Å². The highest BCUT2D eigenvalue weighted by molar-refractivity contribution is 7.45. The third-order valence-corrected chi connectivity index (χ3v) is 0.236. The number of hydrogen-bond acceptors (Lipinski definition) is 3. The van der Waals surface area contributed by atoms with Crippen molar-refractivity contribution >= 4 is 7.82 Å². The zero-order valence-electron chi connectivity index (χ0n) is 5.72. The van der Waals surface area contributed by atoms with E-state index in [9.17, 15) is 0 Å². The third-order valence-electron chi connectivity index (χ3n) is 0.236. The third kappa shape index (κ3) is 96.3. The van der Waals surface area contributed by atoms with Crippen molar-refractivity contribution in [2.45, 2.75) is 0 Å². The summed E-state index contributed by atoms with van der Waals surface area (Å²) >= 11 is 0. The smallest absolute Gasteiger partial charge is 0.359 e. The molecule has 0 aliphatic heterocycles. The van der Waals surface area contributed by atoms with Crippen molar-refractivity contribution < 1.29 is 28.7 Å². The molecule has 0 spiro atoms. The molecule has 7 heteroatoms. The molecule has 0 unspecified atom stereocenters. The summed E-state index contributed by atoms with van der Waals surface area (Å²) in [6.45, 7) is 0.389. The molecule has 6 nitrogen and oxygen atoms in total. The van der Waals surface area contributed by atoms with Crippen molar-refractivity contribution in [1.82, 2.24) is 0 Å². The first kappa shape index (κ1) is 12.7. The average molecular weight is 174 g/mol. The normalized spacial score (nSPS) is 10.1. The molecular formula is C3H11O6P. The minimum absolute atomic E-state index is 0.389. The zero-order chi connectivity index (χ0) is 8.62. The Morgan fingerprint density at radius 1 is 1.20 bits per heavy atom. The van der Waals surface area contributed by atoms with Crippen LogP contribution in [0.1, 0.15) is 0 Å². The number of ether oxygens (including phenoxy) is 2. The van der Waals surface area contributed by atoms with Crippen LogP contribution < -0.4 is 0 Å². The number of rotatable bonds is 2.